The summed E-state index contributed by atoms with van der Waals surface area (Å²) in [6.45, 7) is 7.29. The Hall–Kier alpha value is -0.410. The molecule has 0 saturated heterocycles. The van der Waals surface area contributed by atoms with Crippen LogP contribution >= 0.6 is 0 Å². The molecule has 0 bridgehead atoms. The molecule has 0 aromatic rings. The number of hydrogen-bond acceptors (Lipinski definition) is 3. The van der Waals surface area contributed by atoms with Gasteiger partial charge in [0.2, 0.25) is 0 Å². The number of aliphatic hydroxyl groups excluding tert-OH is 1. The van der Waals surface area contributed by atoms with Crippen molar-refractivity contribution in [3.05, 3.63) is 0 Å². The maximum absolute atomic E-state index is 10.2. The molecular weight excluding hydrogens is 180 g/mol. The largest absolute Gasteiger partial charge is 0.394 e. The van der Waals surface area contributed by atoms with E-state index in [9.17, 15) is 4.79 Å². The summed E-state index contributed by atoms with van der Waals surface area (Å²) in [6.07, 6.45) is 3.64. The summed E-state index contributed by atoms with van der Waals surface area (Å²) in [5.41, 5.74) is 0. The second-order valence-corrected chi connectivity index (χ2v) is 2.94. The van der Waals surface area contributed by atoms with E-state index in [0.717, 1.165) is 19.4 Å². The van der Waals surface area contributed by atoms with Crippen LogP contribution in [0.25, 0.3) is 0 Å². The smallest absolute Gasteiger partial charge is 0.132 e. The van der Waals surface area contributed by atoms with Gasteiger partial charge in [-0.1, -0.05) is 27.2 Å². The number of ketones is 1. The second-order valence-electron chi connectivity index (χ2n) is 2.94. The van der Waals surface area contributed by atoms with Crippen molar-refractivity contribution >= 4 is 5.78 Å². The van der Waals surface area contributed by atoms with Gasteiger partial charge in [0, 0.05) is 19.4 Å². The zero-order valence-electron chi connectivity index (χ0n) is 9.71. The topological polar surface area (TPSA) is 46.5 Å². The van der Waals surface area contributed by atoms with Gasteiger partial charge in [-0.3, -0.25) is 4.79 Å². The van der Waals surface area contributed by atoms with E-state index in [0.29, 0.717) is 25.2 Å². The molecule has 0 aliphatic rings. The standard InChI is InChI=1S/C6H14O2.C5H10O/c1-2-3-5-8-6-4-7;1-3-5(6)4-2/h7H,2-6H2,1H3;3-4H2,1-2H3. The number of carbonyl (C=O) groups is 1. The Morgan fingerprint density at radius 1 is 1.14 bits per heavy atom. The molecule has 14 heavy (non-hydrogen) atoms. The summed E-state index contributed by atoms with van der Waals surface area (Å²) in [4.78, 5) is 10.2. The molecule has 0 aliphatic carbocycles. The van der Waals surface area contributed by atoms with Crippen molar-refractivity contribution in [2.24, 2.45) is 0 Å². The SMILES string of the molecule is CCC(=O)CC.CCCCOCCO. The highest BCUT2D eigenvalue weighted by Gasteiger charge is 1.86. The van der Waals surface area contributed by atoms with Crippen LogP contribution in [0.1, 0.15) is 46.5 Å². The molecule has 0 unspecified atom stereocenters. The van der Waals surface area contributed by atoms with Crippen molar-refractivity contribution in [2.75, 3.05) is 19.8 Å². The fourth-order valence-electron chi connectivity index (χ4n) is 0.663. The lowest BCUT2D eigenvalue weighted by molar-refractivity contribution is -0.118. The summed E-state index contributed by atoms with van der Waals surface area (Å²) in [5.74, 6) is 0.343. The van der Waals surface area contributed by atoms with E-state index in [4.69, 9.17) is 9.84 Å². The van der Waals surface area contributed by atoms with Crippen molar-refractivity contribution in [1.82, 2.24) is 0 Å². The molecule has 0 atom stereocenters. The maximum atomic E-state index is 10.2. The minimum Gasteiger partial charge on any atom is -0.394 e. The van der Waals surface area contributed by atoms with Crippen molar-refractivity contribution in [3.8, 4) is 0 Å². The van der Waals surface area contributed by atoms with Gasteiger partial charge in [0.15, 0.2) is 0 Å². The number of carbonyl (C=O) groups excluding carboxylic acids is 1. The third-order valence-electron chi connectivity index (χ3n) is 1.67. The lowest BCUT2D eigenvalue weighted by atomic mass is 10.3. The van der Waals surface area contributed by atoms with Crippen LogP contribution in [0.15, 0.2) is 0 Å². The van der Waals surface area contributed by atoms with Gasteiger partial charge in [0.05, 0.1) is 13.2 Å². The van der Waals surface area contributed by atoms with Crippen molar-refractivity contribution in [3.63, 3.8) is 0 Å². The Kier molecular flexibility index (Phi) is 17.3. The first-order valence-corrected chi connectivity index (χ1v) is 5.43. The van der Waals surface area contributed by atoms with Gasteiger partial charge in [0.1, 0.15) is 5.78 Å². The van der Waals surface area contributed by atoms with Crippen molar-refractivity contribution < 1.29 is 14.6 Å². The number of ether oxygens (including phenoxy) is 1. The van der Waals surface area contributed by atoms with E-state index in [2.05, 4.69) is 6.92 Å². The van der Waals surface area contributed by atoms with E-state index >= 15 is 0 Å². The molecule has 0 aliphatic heterocycles. The average molecular weight is 204 g/mol. The Balaban J connectivity index is 0. The molecule has 0 amide bonds. The highest BCUT2D eigenvalue weighted by atomic mass is 16.5. The maximum Gasteiger partial charge on any atom is 0.132 e. The number of hydrogen-bond donors (Lipinski definition) is 1. The molecule has 0 rings (SSSR count). The first kappa shape index (κ1) is 16.0. The molecule has 0 saturated carbocycles. The van der Waals surface area contributed by atoms with Crippen LogP contribution < -0.4 is 0 Å². The van der Waals surface area contributed by atoms with Gasteiger partial charge in [-0.25, -0.2) is 0 Å². The van der Waals surface area contributed by atoms with Gasteiger partial charge in [-0.2, -0.15) is 0 Å². The van der Waals surface area contributed by atoms with Crippen LogP contribution in [0, 0.1) is 0 Å². The summed E-state index contributed by atoms with van der Waals surface area (Å²) in [6, 6.07) is 0. The number of rotatable bonds is 7. The van der Waals surface area contributed by atoms with E-state index in [-0.39, 0.29) is 6.61 Å². The molecule has 3 nitrogen and oxygen atoms in total. The Morgan fingerprint density at radius 3 is 2.00 bits per heavy atom. The fourth-order valence-corrected chi connectivity index (χ4v) is 0.663. The lowest BCUT2D eigenvalue weighted by Gasteiger charge is -1.97. The Labute approximate surface area is 87.5 Å². The minimum absolute atomic E-state index is 0.143. The predicted octanol–water partition coefficient (Wildman–Crippen LogP) is 2.17. The van der Waals surface area contributed by atoms with Crippen molar-refractivity contribution in [1.29, 1.82) is 0 Å². The fraction of sp³-hybridized carbons (Fsp3) is 0.909. The third-order valence-corrected chi connectivity index (χ3v) is 1.67. The van der Waals surface area contributed by atoms with Crippen LogP contribution in [-0.2, 0) is 9.53 Å². The van der Waals surface area contributed by atoms with Crippen LogP contribution in [0.2, 0.25) is 0 Å². The molecule has 3 heteroatoms. The molecule has 86 valence electrons. The van der Waals surface area contributed by atoms with Gasteiger partial charge in [0.25, 0.3) is 0 Å². The predicted molar refractivity (Wildman–Crippen MR) is 58.4 cm³/mol. The van der Waals surface area contributed by atoms with Gasteiger partial charge >= 0.3 is 0 Å². The number of aliphatic hydroxyl groups is 1. The number of unbranched alkanes of at least 4 members (excludes halogenated alkanes) is 1. The normalized spacial score (nSPS) is 9.14. The van der Waals surface area contributed by atoms with Gasteiger partial charge < -0.3 is 9.84 Å². The highest BCUT2D eigenvalue weighted by molar-refractivity contribution is 5.77. The van der Waals surface area contributed by atoms with E-state index in [1.54, 1.807) is 0 Å². The van der Waals surface area contributed by atoms with Crippen molar-refractivity contribution in [2.45, 2.75) is 46.5 Å². The van der Waals surface area contributed by atoms with Gasteiger partial charge in [-0.05, 0) is 6.42 Å². The average Bonchev–Trinajstić information content (AvgIpc) is 2.24. The van der Waals surface area contributed by atoms with E-state index < -0.39 is 0 Å². The monoisotopic (exact) mass is 204 g/mol. The third kappa shape index (κ3) is 17.6. The van der Waals surface area contributed by atoms with Crippen LogP contribution in [0.4, 0.5) is 0 Å². The molecular formula is C11H24O3. The Bertz CT molecular complexity index is 101. The summed E-state index contributed by atoms with van der Waals surface area (Å²) < 4.78 is 4.97. The molecule has 0 aromatic heterocycles. The molecule has 0 fully saturated rings. The molecule has 0 heterocycles. The Morgan fingerprint density at radius 2 is 1.71 bits per heavy atom. The van der Waals surface area contributed by atoms with Crippen LogP contribution in [0.5, 0.6) is 0 Å². The minimum atomic E-state index is 0.143. The summed E-state index contributed by atoms with van der Waals surface area (Å²) in [5, 5.41) is 8.24. The summed E-state index contributed by atoms with van der Waals surface area (Å²) >= 11 is 0. The molecule has 0 aromatic carbocycles. The first-order chi connectivity index (χ1) is 6.72. The highest BCUT2D eigenvalue weighted by Crippen LogP contribution is 1.85. The zero-order chi connectivity index (χ0) is 11.2. The number of Topliss-reactive ketones (excluding diaryl/α,β-unsaturated/α-hetero) is 1. The molecule has 0 radical (unpaired) electrons. The summed E-state index contributed by atoms with van der Waals surface area (Å²) in [7, 11) is 0. The molecule has 0 spiro atoms. The first-order valence-electron chi connectivity index (χ1n) is 5.43. The van der Waals surface area contributed by atoms with Crippen LogP contribution in [0.3, 0.4) is 0 Å². The van der Waals surface area contributed by atoms with E-state index in [1.165, 1.54) is 0 Å². The van der Waals surface area contributed by atoms with Crippen LogP contribution in [-0.4, -0.2) is 30.7 Å². The van der Waals surface area contributed by atoms with E-state index in [1.807, 2.05) is 13.8 Å². The quantitative estimate of drug-likeness (QED) is 0.646. The zero-order valence-corrected chi connectivity index (χ0v) is 9.71. The lowest BCUT2D eigenvalue weighted by Crippen LogP contribution is -1.99. The second kappa shape index (κ2) is 15.1. The molecule has 1 N–H and O–H groups in total. The van der Waals surface area contributed by atoms with Gasteiger partial charge in [-0.15, -0.1) is 0 Å².